The standard InChI is InChI=1S/C10H18N2O3/c1-15-9(14)7(11)4-6-5-10(2-3-10)12-8(6)13/h6-8,12-13H,2-5,11H2,1H3/t6-,7+,8?/m1/s1. The molecule has 1 aliphatic heterocycles. The van der Waals surface area contributed by atoms with Gasteiger partial charge in [0.2, 0.25) is 0 Å². The number of nitrogens with one attached hydrogen (secondary N) is 1. The van der Waals surface area contributed by atoms with E-state index in [-0.39, 0.29) is 11.5 Å². The molecule has 1 unspecified atom stereocenters. The van der Waals surface area contributed by atoms with Crippen LogP contribution < -0.4 is 11.1 Å². The summed E-state index contributed by atoms with van der Waals surface area (Å²) < 4.78 is 4.56. The molecule has 1 saturated carbocycles. The second kappa shape index (κ2) is 3.73. The third-order valence-corrected chi connectivity index (χ3v) is 3.47. The first kappa shape index (κ1) is 10.9. The quantitative estimate of drug-likeness (QED) is 0.543. The Morgan fingerprint density at radius 2 is 2.40 bits per heavy atom. The molecule has 0 amide bonds. The van der Waals surface area contributed by atoms with Crippen LogP contribution in [0.4, 0.5) is 0 Å². The van der Waals surface area contributed by atoms with E-state index in [1.165, 1.54) is 7.11 Å². The molecule has 1 saturated heterocycles. The Kier molecular flexibility index (Phi) is 2.70. The summed E-state index contributed by atoms with van der Waals surface area (Å²) in [6, 6.07) is -0.620. The summed E-state index contributed by atoms with van der Waals surface area (Å²) in [7, 11) is 1.33. The van der Waals surface area contributed by atoms with Crippen LogP contribution in [0.1, 0.15) is 25.7 Å². The fourth-order valence-corrected chi connectivity index (χ4v) is 2.39. The van der Waals surface area contributed by atoms with Gasteiger partial charge in [-0.1, -0.05) is 0 Å². The van der Waals surface area contributed by atoms with Crippen LogP contribution in [-0.2, 0) is 9.53 Å². The summed E-state index contributed by atoms with van der Waals surface area (Å²) in [5, 5.41) is 12.9. The smallest absolute Gasteiger partial charge is 0.322 e. The molecule has 2 aliphatic rings. The highest BCUT2D eigenvalue weighted by Crippen LogP contribution is 2.47. The van der Waals surface area contributed by atoms with Gasteiger partial charge < -0.3 is 15.6 Å². The second-order valence-electron chi connectivity index (χ2n) is 4.70. The average molecular weight is 214 g/mol. The lowest BCUT2D eigenvalue weighted by molar-refractivity contribution is -0.142. The van der Waals surface area contributed by atoms with Gasteiger partial charge in [0.05, 0.1) is 7.11 Å². The molecule has 0 bridgehead atoms. The maximum absolute atomic E-state index is 11.1. The number of hydrogen-bond donors (Lipinski definition) is 3. The van der Waals surface area contributed by atoms with Crippen molar-refractivity contribution in [1.29, 1.82) is 0 Å². The van der Waals surface area contributed by atoms with Crippen LogP contribution in [0.25, 0.3) is 0 Å². The van der Waals surface area contributed by atoms with Crippen molar-refractivity contribution in [2.45, 2.75) is 43.5 Å². The number of esters is 1. The summed E-state index contributed by atoms with van der Waals surface area (Å²) >= 11 is 0. The minimum Gasteiger partial charge on any atom is -0.468 e. The Bertz CT molecular complexity index is 265. The van der Waals surface area contributed by atoms with Gasteiger partial charge in [0.1, 0.15) is 12.3 Å². The monoisotopic (exact) mass is 214 g/mol. The molecule has 1 heterocycles. The number of methoxy groups -OCH3 is 1. The van der Waals surface area contributed by atoms with Crippen molar-refractivity contribution in [2.24, 2.45) is 11.7 Å². The molecule has 2 fully saturated rings. The van der Waals surface area contributed by atoms with E-state index in [2.05, 4.69) is 10.1 Å². The highest BCUT2D eigenvalue weighted by molar-refractivity contribution is 5.75. The van der Waals surface area contributed by atoms with Gasteiger partial charge in [-0.2, -0.15) is 0 Å². The number of aliphatic hydroxyl groups excluding tert-OH is 1. The van der Waals surface area contributed by atoms with Crippen LogP contribution in [0.3, 0.4) is 0 Å². The fraction of sp³-hybridized carbons (Fsp3) is 0.900. The van der Waals surface area contributed by atoms with Crippen LogP contribution >= 0.6 is 0 Å². The SMILES string of the molecule is COC(=O)[C@@H](N)C[C@@H]1CC2(CC2)NC1O. The molecule has 15 heavy (non-hydrogen) atoms. The number of hydrogen-bond acceptors (Lipinski definition) is 5. The number of rotatable bonds is 3. The molecule has 1 spiro atoms. The highest BCUT2D eigenvalue weighted by atomic mass is 16.5. The zero-order valence-corrected chi connectivity index (χ0v) is 8.90. The minimum absolute atomic E-state index is 0.0709. The predicted octanol–water partition coefficient (Wildman–Crippen LogP) is -0.663. The second-order valence-corrected chi connectivity index (χ2v) is 4.70. The molecular weight excluding hydrogens is 196 g/mol. The zero-order valence-electron chi connectivity index (χ0n) is 8.90. The maximum atomic E-state index is 11.1. The third kappa shape index (κ3) is 2.14. The Balaban J connectivity index is 1.87. The van der Waals surface area contributed by atoms with E-state index in [1.54, 1.807) is 0 Å². The zero-order chi connectivity index (χ0) is 11.1. The summed E-state index contributed by atoms with van der Waals surface area (Å²) in [6.07, 6.45) is 3.12. The van der Waals surface area contributed by atoms with Crippen LogP contribution in [0, 0.1) is 5.92 Å². The van der Waals surface area contributed by atoms with Crippen molar-refractivity contribution < 1.29 is 14.6 Å². The van der Waals surface area contributed by atoms with Crippen molar-refractivity contribution in [2.75, 3.05) is 7.11 Å². The lowest BCUT2D eigenvalue weighted by Crippen LogP contribution is -2.37. The van der Waals surface area contributed by atoms with Crippen LogP contribution in [0.5, 0.6) is 0 Å². The third-order valence-electron chi connectivity index (χ3n) is 3.47. The molecule has 1 aliphatic carbocycles. The summed E-state index contributed by atoms with van der Waals surface area (Å²) in [4.78, 5) is 11.1. The minimum atomic E-state index is -0.620. The number of nitrogens with two attached hydrogens (primary N) is 1. The number of carbonyl (C=O) groups is 1. The van der Waals surface area contributed by atoms with Crippen LogP contribution in [-0.4, -0.2) is 36.0 Å². The van der Waals surface area contributed by atoms with Gasteiger partial charge in [0.25, 0.3) is 0 Å². The molecule has 5 nitrogen and oxygen atoms in total. The van der Waals surface area contributed by atoms with E-state index >= 15 is 0 Å². The van der Waals surface area contributed by atoms with Gasteiger partial charge in [0, 0.05) is 11.5 Å². The van der Waals surface area contributed by atoms with E-state index in [9.17, 15) is 9.90 Å². The molecule has 5 heteroatoms. The Morgan fingerprint density at radius 3 is 2.87 bits per heavy atom. The first-order valence-electron chi connectivity index (χ1n) is 5.35. The molecule has 3 atom stereocenters. The Labute approximate surface area is 89.0 Å². The van der Waals surface area contributed by atoms with Gasteiger partial charge in [-0.15, -0.1) is 0 Å². The van der Waals surface area contributed by atoms with Crippen molar-refractivity contribution >= 4 is 5.97 Å². The van der Waals surface area contributed by atoms with Crippen molar-refractivity contribution in [1.82, 2.24) is 5.32 Å². The average Bonchev–Trinajstić information content (AvgIpc) is 2.87. The van der Waals surface area contributed by atoms with Crippen molar-refractivity contribution in [3.8, 4) is 0 Å². The van der Waals surface area contributed by atoms with Crippen LogP contribution in [0.15, 0.2) is 0 Å². The van der Waals surface area contributed by atoms with Gasteiger partial charge in [-0.25, -0.2) is 0 Å². The lowest BCUT2D eigenvalue weighted by atomic mass is 9.95. The Morgan fingerprint density at radius 1 is 1.73 bits per heavy atom. The summed E-state index contributed by atoms with van der Waals surface area (Å²) in [5.41, 5.74) is 5.82. The van der Waals surface area contributed by atoms with Gasteiger partial charge >= 0.3 is 5.97 Å². The molecule has 0 radical (unpaired) electrons. The fourth-order valence-electron chi connectivity index (χ4n) is 2.39. The van der Waals surface area contributed by atoms with Crippen LogP contribution in [0.2, 0.25) is 0 Å². The number of carbonyl (C=O) groups excluding carboxylic acids is 1. The van der Waals surface area contributed by atoms with E-state index in [0.717, 1.165) is 19.3 Å². The van der Waals surface area contributed by atoms with E-state index in [4.69, 9.17) is 5.73 Å². The van der Waals surface area contributed by atoms with E-state index in [1.807, 2.05) is 0 Å². The summed E-state index contributed by atoms with van der Waals surface area (Å²) in [5.74, 6) is -0.333. The highest BCUT2D eigenvalue weighted by Gasteiger charge is 2.52. The molecule has 0 aromatic heterocycles. The first-order chi connectivity index (χ1) is 7.06. The summed E-state index contributed by atoms with van der Waals surface area (Å²) in [6.45, 7) is 0. The van der Waals surface area contributed by atoms with E-state index in [0.29, 0.717) is 6.42 Å². The van der Waals surface area contributed by atoms with E-state index < -0.39 is 18.2 Å². The van der Waals surface area contributed by atoms with Crippen molar-refractivity contribution in [3.05, 3.63) is 0 Å². The molecular formula is C10H18N2O3. The number of aliphatic hydroxyl groups is 1. The molecule has 2 rings (SSSR count). The normalized spacial score (nSPS) is 34.1. The van der Waals surface area contributed by atoms with Gasteiger partial charge in [0.15, 0.2) is 0 Å². The van der Waals surface area contributed by atoms with Gasteiger partial charge in [-0.05, 0) is 25.7 Å². The maximum Gasteiger partial charge on any atom is 0.322 e. The first-order valence-corrected chi connectivity index (χ1v) is 5.35. The predicted molar refractivity (Wildman–Crippen MR) is 53.8 cm³/mol. The van der Waals surface area contributed by atoms with Crippen molar-refractivity contribution in [3.63, 3.8) is 0 Å². The topological polar surface area (TPSA) is 84.6 Å². The molecule has 0 aromatic carbocycles. The largest absolute Gasteiger partial charge is 0.468 e. The molecule has 4 N–H and O–H groups in total. The van der Waals surface area contributed by atoms with Gasteiger partial charge in [-0.3, -0.25) is 10.1 Å². The Hall–Kier alpha value is -0.650. The lowest BCUT2D eigenvalue weighted by Gasteiger charge is -2.16. The molecule has 0 aromatic rings. The number of ether oxygens (including phenoxy) is 1. The molecule has 86 valence electrons.